The second kappa shape index (κ2) is 4.30. The summed E-state index contributed by atoms with van der Waals surface area (Å²) in [5.41, 5.74) is 2.66. The number of benzene rings is 3. The minimum Gasteiger partial charge on any atom is -0.0841 e. The van der Waals surface area contributed by atoms with Gasteiger partial charge in [-0.15, -0.1) is 0 Å². The fourth-order valence-corrected chi connectivity index (χ4v) is 2.47. The Morgan fingerprint density at radius 2 is 1.50 bits per heavy atom. The van der Waals surface area contributed by atoms with Gasteiger partial charge in [-0.2, -0.15) is 0 Å². The van der Waals surface area contributed by atoms with Crippen LogP contribution in [0.4, 0.5) is 0 Å². The predicted molar refractivity (Wildman–Crippen MR) is 80.8 cm³/mol. The Kier molecular flexibility index (Phi) is 2.64. The van der Waals surface area contributed by atoms with E-state index in [-0.39, 0.29) is 0 Å². The van der Waals surface area contributed by atoms with Gasteiger partial charge in [0.2, 0.25) is 0 Å². The zero-order valence-electron chi connectivity index (χ0n) is 10.8. The van der Waals surface area contributed by atoms with E-state index in [0.717, 1.165) is 0 Å². The third kappa shape index (κ3) is 1.70. The molecule has 3 aromatic carbocycles. The van der Waals surface area contributed by atoms with Gasteiger partial charge < -0.3 is 0 Å². The van der Waals surface area contributed by atoms with Crippen molar-refractivity contribution in [2.75, 3.05) is 0 Å². The van der Waals surface area contributed by atoms with E-state index in [2.05, 4.69) is 74.5 Å². The van der Waals surface area contributed by atoms with E-state index in [1.165, 1.54) is 32.7 Å². The third-order valence-corrected chi connectivity index (χ3v) is 3.60. The second-order valence-corrected chi connectivity index (χ2v) is 4.70. The van der Waals surface area contributed by atoms with Crippen molar-refractivity contribution in [1.82, 2.24) is 0 Å². The lowest BCUT2D eigenvalue weighted by atomic mass is 9.96. The molecule has 88 valence electrons. The van der Waals surface area contributed by atoms with Crippen molar-refractivity contribution in [2.45, 2.75) is 13.8 Å². The minimum atomic E-state index is 1.31. The van der Waals surface area contributed by atoms with Crippen LogP contribution in [-0.2, 0) is 0 Å². The summed E-state index contributed by atoms with van der Waals surface area (Å²) >= 11 is 0. The summed E-state index contributed by atoms with van der Waals surface area (Å²) in [6.07, 6.45) is 2.17. The normalized spacial score (nSPS) is 12.2. The maximum absolute atomic E-state index is 2.30. The van der Waals surface area contributed by atoms with E-state index >= 15 is 0 Å². The van der Waals surface area contributed by atoms with Gasteiger partial charge in [0.1, 0.15) is 0 Å². The summed E-state index contributed by atoms with van der Waals surface area (Å²) in [5.74, 6) is 0. The molecular weight excluding hydrogens is 216 g/mol. The molecule has 0 heterocycles. The van der Waals surface area contributed by atoms with Crippen LogP contribution in [0.15, 0.2) is 60.7 Å². The molecule has 18 heavy (non-hydrogen) atoms. The minimum absolute atomic E-state index is 1.31. The number of rotatable bonds is 1. The molecule has 0 aromatic heterocycles. The molecule has 0 saturated heterocycles. The Hall–Kier alpha value is -2.08. The molecule has 0 aliphatic carbocycles. The van der Waals surface area contributed by atoms with Crippen molar-refractivity contribution in [3.8, 4) is 0 Å². The van der Waals surface area contributed by atoms with Gasteiger partial charge in [-0.3, -0.25) is 0 Å². The van der Waals surface area contributed by atoms with Gasteiger partial charge >= 0.3 is 0 Å². The van der Waals surface area contributed by atoms with Crippen molar-refractivity contribution in [1.29, 1.82) is 0 Å². The highest BCUT2D eigenvalue weighted by Gasteiger charge is 2.03. The largest absolute Gasteiger partial charge is 0.0841 e. The molecule has 0 amide bonds. The Morgan fingerprint density at radius 1 is 0.833 bits per heavy atom. The van der Waals surface area contributed by atoms with Crippen LogP contribution < -0.4 is 0 Å². The molecule has 3 rings (SSSR count). The van der Waals surface area contributed by atoms with Crippen LogP contribution in [0, 0.1) is 0 Å². The SMILES string of the molecule is CC=C(C)c1cccc2cc3ccccc3cc12. The lowest BCUT2D eigenvalue weighted by molar-refractivity contribution is 1.59. The summed E-state index contributed by atoms with van der Waals surface area (Å²) in [6.45, 7) is 4.26. The zero-order chi connectivity index (χ0) is 12.5. The third-order valence-electron chi connectivity index (χ3n) is 3.60. The van der Waals surface area contributed by atoms with E-state index in [4.69, 9.17) is 0 Å². The van der Waals surface area contributed by atoms with E-state index in [0.29, 0.717) is 0 Å². The van der Waals surface area contributed by atoms with Gasteiger partial charge in [-0.05, 0) is 58.7 Å². The first-order chi connectivity index (χ1) is 8.79. The fourth-order valence-electron chi connectivity index (χ4n) is 2.47. The van der Waals surface area contributed by atoms with Gasteiger partial charge in [0.25, 0.3) is 0 Å². The molecule has 0 aliphatic heterocycles. The molecule has 0 bridgehead atoms. The molecule has 0 radical (unpaired) electrons. The highest BCUT2D eigenvalue weighted by Crippen LogP contribution is 2.28. The summed E-state index contributed by atoms with van der Waals surface area (Å²) in [6, 6.07) is 19.6. The molecule has 0 heteroatoms. The van der Waals surface area contributed by atoms with Crippen LogP contribution in [0.2, 0.25) is 0 Å². The van der Waals surface area contributed by atoms with Gasteiger partial charge in [-0.1, -0.05) is 48.5 Å². The Bertz CT molecular complexity index is 748. The molecule has 0 N–H and O–H groups in total. The molecule has 3 aromatic rings. The van der Waals surface area contributed by atoms with Crippen molar-refractivity contribution in [3.05, 3.63) is 66.2 Å². The highest BCUT2D eigenvalue weighted by atomic mass is 14.1. The van der Waals surface area contributed by atoms with Crippen LogP contribution >= 0.6 is 0 Å². The summed E-state index contributed by atoms with van der Waals surface area (Å²) < 4.78 is 0. The van der Waals surface area contributed by atoms with Gasteiger partial charge in [0.15, 0.2) is 0 Å². The Morgan fingerprint density at radius 3 is 2.22 bits per heavy atom. The highest BCUT2D eigenvalue weighted by molar-refractivity contribution is 6.02. The first-order valence-electron chi connectivity index (χ1n) is 6.34. The molecule has 0 atom stereocenters. The summed E-state index contributed by atoms with van der Waals surface area (Å²) in [5, 5.41) is 5.26. The van der Waals surface area contributed by atoms with E-state index < -0.39 is 0 Å². The summed E-state index contributed by atoms with van der Waals surface area (Å²) in [7, 11) is 0. The van der Waals surface area contributed by atoms with E-state index in [1.807, 2.05) is 0 Å². The van der Waals surface area contributed by atoms with Crippen molar-refractivity contribution in [3.63, 3.8) is 0 Å². The topological polar surface area (TPSA) is 0 Å². The van der Waals surface area contributed by atoms with Crippen molar-refractivity contribution in [2.24, 2.45) is 0 Å². The number of hydrogen-bond donors (Lipinski definition) is 0. The van der Waals surface area contributed by atoms with E-state index in [1.54, 1.807) is 0 Å². The smallest absolute Gasteiger partial charge is 0.0103 e. The Balaban J connectivity index is 2.43. The lowest BCUT2D eigenvalue weighted by Gasteiger charge is -2.08. The van der Waals surface area contributed by atoms with E-state index in [9.17, 15) is 0 Å². The molecular formula is C18H16. The molecule has 0 nitrogen and oxygen atoms in total. The standard InChI is InChI=1S/C18H16/c1-3-13(2)17-10-6-9-16-11-14-7-4-5-8-15(14)12-18(16)17/h3-12H,1-2H3. The Labute approximate surface area is 108 Å². The molecule has 0 spiro atoms. The van der Waals surface area contributed by atoms with Crippen LogP contribution in [-0.4, -0.2) is 0 Å². The average Bonchev–Trinajstić information content (AvgIpc) is 2.43. The molecule has 0 unspecified atom stereocenters. The zero-order valence-corrected chi connectivity index (χ0v) is 10.8. The van der Waals surface area contributed by atoms with Gasteiger partial charge in [-0.25, -0.2) is 0 Å². The maximum Gasteiger partial charge on any atom is -0.0103 e. The van der Waals surface area contributed by atoms with Crippen LogP contribution in [0.1, 0.15) is 19.4 Å². The average molecular weight is 232 g/mol. The first kappa shape index (κ1) is 11.0. The molecule has 0 aliphatic rings. The first-order valence-corrected chi connectivity index (χ1v) is 6.34. The fraction of sp³-hybridized carbons (Fsp3) is 0.111. The van der Waals surface area contributed by atoms with Gasteiger partial charge in [0.05, 0.1) is 0 Å². The van der Waals surface area contributed by atoms with Crippen LogP contribution in [0.3, 0.4) is 0 Å². The van der Waals surface area contributed by atoms with Crippen LogP contribution in [0.5, 0.6) is 0 Å². The van der Waals surface area contributed by atoms with Crippen LogP contribution in [0.25, 0.3) is 27.1 Å². The number of hydrogen-bond acceptors (Lipinski definition) is 0. The monoisotopic (exact) mass is 232 g/mol. The number of allylic oxidation sites excluding steroid dienone is 2. The van der Waals surface area contributed by atoms with Crippen molar-refractivity contribution >= 4 is 27.1 Å². The van der Waals surface area contributed by atoms with Crippen molar-refractivity contribution < 1.29 is 0 Å². The lowest BCUT2D eigenvalue weighted by Crippen LogP contribution is -1.84. The number of fused-ring (bicyclic) bond motifs is 2. The predicted octanol–water partition coefficient (Wildman–Crippen LogP) is 5.42. The maximum atomic E-state index is 2.30. The van der Waals surface area contributed by atoms with Gasteiger partial charge in [0, 0.05) is 0 Å². The quantitative estimate of drug-likeness (QED) is 0.492. The second-order valence-electron chi connectivity index (χ2n) is 4.70. The molecule has 0 fully saturated rings. The molecule has 0 saturated carbocycles. The summed E-state index contributed by atoms with van der Waals surface area (Å²) in [4.78, 5) is 0.